The van der Waals surface area contributed by atoms with Crippen LogP contribution in [0.1, 0.15) is 21.5 Å². The lowest BCUT2D eigenvalue weighted by Gasteiger charge is -2.17. The molecule has 2 aromatic carbocycles. The number of nitrogens with zero attached hydrogens (tertiary/aromatic N) is 3. The van der Waals surface area contributed by atoms with Crippen LogP contribution in [-0.4, -0.2) is 34.0 Å². The van der Waals surface area contributed by atoms with Gasteiger partial charge in [0.05, 0.1) is 11.5 Å². The van der Waals surface area contributed by atoms with Crippen LogP contribution in [0.5, 0.6) is 0 Å². The molecule has 128 valence electrons. The molecular formula is C18H17N3O3S. The van der Waals surface area contributed by atoms with Crippen molar-refractivity contribution in [1.29, 1.82) is 0 Å². The second-order valence-corrected chi connectivity index (χ2v) is 6.65. The van der Waals surface area contributed by atoms with Crippen molar-refractivity contribution in [1.82, 2.24) is 4.90 Å². The van der Waals surface area contributed by atoms with E-state index in [9.17, 15) is 14.9 Å². The molecule has 25 heavy (non-hydrogen) atoms. The Bertz CT molecular complexity index is 834. The Morgan fingerprint density at radius 2 is 2.04 bits per heavy atom. The van der Waals surface area contributed by atoms with Crippen molar-refractivity contribution in [2.24, 2.45) is 4.99 Å². The molecule has 6 nitrogen and oxygen atoms in total. The largest absolute Gasteiger partial charge is 0.286 e. The number of non-ortho nitro benzene ring substituents is 1. The number of benzene rings is 2. The molecule has 0 saturated heterocycles. The van der Waals surface area contributed by atoms with E-state index in [2.05, 4.69) is 29.3 Å². The number of amidine groups is 1. The summed E-state index contributed by atoms with van der Waals surface area (Å²) in [6.45, 7) is 3.09. The molecule has 2 aromatic rings. The van der Waals surface area contributed by atoms with Crippen LogP contribution >= 0.6 is 11.8 Å². The minimum atomic E-state index is -0.498. The molecule has 1 aliphatic heterocycles. The fourth-order valence-corrected chi connectivity index (χ4v) is 3.48. The second-order valence-electron chi connectivity index (χ2n) is 5.70. The van der Waals surface area contributed by atoms with E-state index in [1.54, 1.807) is 11.0 Å². The molecule has 0 atom stereocenters. The number of carbonyl (C=O) groups is 1. The molecule has 1 amide bonds. The lowest BCUT2D eigenvalue weighted by molar-refractivity contribution is -0.384. The van der Waals surface area contributed by atoms with Crippen LogP contribution < -0.4 is 0 Å². The molecule has 0 N–H and O–H groups in total. The predicted octanol–water partition coefficient (Wildman–Crippen LogP) is 3.65. The van der Waals surface area contributed by atoms with Gasteiger partial charge in [-0.15, -0.1) is 0 Å². The maximum absolute atomic E-state index is 12.7. The van der Waals surface area contributed by atoms with E-state index < -0.39 is 4.92 Å². The Hall–Kier alpha value is -2.67. The number of amides is 1. The van der Waals surface area contributed by atoms with Crippen molar-refractivity contribution in [3.8, 4) is 0 Å². The minimum absolute atomic E-state index is 0.0872. The Balaban J connectivity index is 1.70. The number of aliphatic imine (C=N–C) groups is 1. The topological polar surface area (TPSA) is 75.8 Å². The lowest BCUT2D eigenvalue weighted by Crippen LogP contribution is -2.32. The van der Waals surface area contributed by atoms with Gasteiger partial charge in [0.25, 0.3) is 11.6 Å². The Morgan fingerprint density at radius 1 is 1.28 bits per heavy atom. The Kier molecular flexibility index (Phi) is 5.14. The highest BCUT2D eigenvalue weighted by atomic mass is 32.2. The molecule has 0 aromatic heterocycles. The number of rotatable bonds is 4. The summed E-state index contributed by atoms with van der Waals surface area (Å²) in [5.41, 5.74) is 2.58. The van der Waals surface area contributed by atoms with E-state index in [1.807, 2.05) is 6.92 Å². The van der Waals surface area contributed by atoms with Crippen LogP contribution in [0.3, 0.4) is 0 Å². The highest BCUT2D eigenvalue weighted by Crippen LogP contribution is 2.23. The highest BCUT2D eigenvalue weighted by Gasteiger charge is 2.26. The zero-order chi connectivity index (χ0) is 17.8. The van der Waals surface area contributed by atoms with E-state index in [0.717, 1.165) is 11.3 Å². The van der Waals surface area contributed by atoms with Crippen LogP contribution in [0.2, 0.25) is 0 Å². The zero-order valence-electron chi connectivity index (χ0n) is 13.7. The first kappa shape index (κ1) is 17.2. The third kappa shape index (κ3) is 4.06. The highest BCUT2D eigenvalue weighted by molar-refractivity contribution is 8.13. The van der Waals surface area contributed by atoms with Gasteiger partial charge >= 0.3 is 0 Å². The normalized spacial score (nSPS) is 13.6. The Labute approximate surface area is 149 Å². The maximum atomic E-state index is 12.7. The van der Waals surface area contributed by atoms with Gasteiger partial charge in [0.15, 0.2) is 5.17 Å². The van der Waals surface area contributed by atoms with Gasteiger partial charge in [-0.25, -0.2) is 0 Å². The summed E-state index contributed by atoms with van der Waals surface area (Å²) in [6.07, 6.45) is 0. The van der Waals surface area contributed by atoms with Crippen LogP contribution in [0, 0.1) is 17.0 Å². The number of hydrogen-bond acceptors (Lipinski definition) is 5. The van der Waals surface area contributed by atoms with Crippen LogP contribution in [0.15, 0.2) is 53.5 Å². The minimum Gasteiger partial charge on any atom is -0.286 e. The van der Waals surface area contributed by atoms with Gasteiger partial charge in [-0.3, -0.25) is 24.8 Å². The van der Waals surface area contributed by atoms with Gasteiger partial charge < -0.3 is 0 Å². The summed E-state index contributed by atoms with van der Waals surface area (Å²) in [7, 11) is 0. The van der Waals surface area contributed by atoms with Gasteiger partial charge in [-0.05, 0) is 18.6 Å². The van der Waals surface area contributed by atoms with Gasteiger partial charge in [-0.2, -0.15) is 0 Å². The van der Waals surface area contributed by atoms with Crippen molar-refractivity contribution in [3.63, 3.8) is 0 Å². The lowest BCUT2D eigenvalue weighted by atomic mass is 10.2. The average Bonchev–Trinajstić information content (AvgIpc) is 3.09. The van der Waals surface area contributed by atoms with Gasteiger partial charge in [-0.1, -0.05) is 47.7 Å². The number of hydrogen-bond donors (Lipinski definition) is 0. The van der Waals surface area contributed by atoms with Crippen molar-refractivity contribution >= 4 is 28.5 Å². The first-order valence-electron chi connectivity index (χ1n) is 7.84. The summed E-state index contributed by atoms with van der Waals surface area (Å²) in [5, 5.41) is 11.6. The van der Waals surface area contributed by atoms with Gasteiger partial charge in [0.1, 0.15) is 0 Å². The summed E-state index contributed by atoms with van der Waals surface area (Å²) in [6, 6.07) is 14.0. The van der Waals surface area contributed by atoms with E-state index in [0.29, 0.717) is 23.8 Å². The summed E-state index contributed by atoms with van der Waals surface area (Å²) in [5.74, 6) is 0.467. The Morgan fingerprint density at radius 3 is 2.76 bits per heavy atom. The van der Waals surface area contributed by atoms with Crippen molar-refractivity contribution < 1.29 is 9.72 Å². The van der Waals surface area contributed by atoms with E-state index in [-0.39, 0.29) is 11.6 Å². The van der Waals surface area contributed by atoms with Crippen molar-refractivity contribution in [2.45, 2.75) is 12.7 Å². The molecule has 0 fully saturated rings. The van der Waals surface area contributed by atoms with Crippen LogP contribution in [0.4, 0.5) is 5.69 Å². The molecule has 1 heterocycles. The molecule has 0 unspecified atom stereocenters. The maximum Gasteiger partial charge on any atom is 0.270 e. The summed E-state index contributed by atoms with van der Waals surface area (Å²) >= 11 is 1.51. The SMILES string of the molecule is Cc1ccc(CSC2=NCCN2C(=O)c2cccc([N+](=O)[O-])c2)cc1. The molecule has 0 saturated carbocycles. The molecular weight excluding hydrogens is 338 g/mol. The van der Waals surface area contributed by atoms with E-state index in [4.69, 9.17) is 0 Å². The van der Waals surface area contributed by atoms with Crippen LogP contribution in [0.25, 0.3) is 0 Å². The average molecular weight is 355 g/mol. The third-order valence-electron chi connectivity index (χ3n) is 3.84. The van der Waals surface area contributed by atoms with Gasteiger partial charge in [0.2, 0.25) is 0 Å². The fraction of sp³-hybridized carbons (Fsp3) is 0.222. The van der Waals surface area contributed by atoms with Crippen molar-refractivity contribution in [2.75, 3.05) is 13.1 Å². The standard InChI is InChI=1S/C18H17N3O3S/c1-13-5-7-14(8-6-13)12-25-18-19-9-10-20(18)17(22)15-3-2-4-16(11-15)21(23)24/h2-8,11H,9-10,12H2,1H3. The number of nitro benzene ring substituents is 1. The zero-order valence-corrected chi connectivity index (χ0v) is 14.5. The van der Waals surface area contributed by atoms with E-state index in [1.165, 1.54) is 35.5 Å². The monoisotopic (exact) mass is 355 g/mol. The fourth-order valence-electron chi connectivity index (χ4n) is 2.48. The molecule has 0 spiro atoms. The van der Waals surface area contributed by atoms with Gasteiger partial charge in [0, 0.05) is 30.0 Å². The predicted molar refractivity (Wildman–Crippen MR) is 98.9 cm³/mol. The second kappa shape index (κ2) is 7.48. The first-order valence-corrected chi connectivity index (χ1v) is 8.82. The number of thioether (sulfide) groups is 1. The molecule has 0 aliphatic carbocycles. The molecule has 7 heteroatoms. The summed E-state index contributed by atoms with van der Waals surface area (Å²) < 4.78 is 0. The number of aryl methyl sites for hydroxylation is 1. The smallest absolute Gasteiger partial charge is 0.270 e. The van der Waals surface area contributed by atoms with Crippen LogP contribution in [-0.2, 0) is 5.75 Å². The quantitative estimate of drug-likeness (QED) is 0.620. The number of nitro groups is 1. The molecule has 3 rings (SSSR count). The molecule has 0 radical (unpaired) electrons. The molecule has 0 bridgehead atoms. The summed E-state index contributed by atoms with van der Waals surface area (Å²) in [4.78, 5) is 29.1. The van der Waals surface area contributed by atoms with Crippen molar-refractivity contribution in [3.05, 3.63) is 75.3 Å². The third-order valence-corrected chi connectivity index (χ3v) is 4.92. The molecule has 1 aliphatic rings. The van der Waals surface area contributed by atoms with E-state index >= 15 is 0 Å². The first-order chi connectivity index (χ1) is 12.0. The number of carbonyl (C=O) groups excluding carboxylic acids is 1.